The van der Waals surface area contributed by atoms with Crippen molar-refractivity contribution in [2.75, 3.05) is 25.0 Å². The number of sulfonamides is 1. The second-order valence-electron chi connectivity index (χ2n) is 8.43. The number of aromatic nitrogens is 2. The van der Waals surface area contributed by atoms with Crippen LogP contribution in [0.25, 0.3) is 0 Å². The standard InChI is InChI=1S/C21H25F3N4O4S/c1-26(18-5-4-6-19-17(18)12-25-28(19)13-20(29)30)33(31,32)16-10-14(21(22,23)24)9-15(11-16)27-7-2-3-8-27/h9-12,18H,2-8,13H2,1H3,(H,29,30). The summed E-state index contributed by atoms with van der Waals surface area (Å²) in [6.45, 7) is 0.808. The quantitative estimate of drug-likeness (QED) is 0.673. The van der Waals surface area contributed by atoms with Crippen LogP contribution in [-0.4, -0.2) is 53.7 Å². The molecule has 1 aliphatic heterocycles. The highest BCUT2D eigenvalue weighted by Gasteiger charge is 2.37. The molecule has 1 atom stereocenters. The number of fused-ring (bicyclic) bond motifs is 1. The van der Waals surface area contributed by atoms with Crippen molar-refractivity contribution in [2.24, 2.45) is 0 Å². The summed E-state index contributed by atoms with van der Waals surface area (Å²) < 4.78 is 70.2. The number of carboxylic acid groups (broad SMARTS) is 1. The topological polar surface area (TPSA) is 95.7 Å². The van der Waals surface area contributed by atoms with Crippen LogP contribution in [-0.2, 0) is 34.0 Å². The van der Waals surface area contributed by atoms with E-state index in [2.05, 4.69) is 5.10 Å². The lowest BCUT2D eigenvalue weighted by molar-refractivity contribution is -0.138. The van der Waals surface area contributed by atoms with E-state index in [1.807, 2.05) is 0 Å². The Morgan fingerprint density at radius 3 is 2.55 bits per heavy atom. The molecule has 1 N–H and O–H groups in total. The molecule has 0 amide bonds. The van der Waals surface area contributed by atoms with E-state index in [0.717, 1.165) is 23.2 Å². The van der Waals surface area contributed by atoms with E-state index in [1.165, 1.54) is 24.0 Å². The van der Waals surface area contributed by atoms with E-state index in [9.17, 15) is 26.4 Å². The first-order valence-corrected chi connectivity index (χ1v) is 12.1. The van der Waals surface area contributed by atoms with Crippen molar-refractivity contribution >= 4 is 21.7 Å². The van der Waals surface area contributed by atoms with Crippen LogP contribution in [0, 0.1) is 0 Å². The van der Waals surface area contributed by atoms with E-state index in [4.69, 9.17) is 5.11 Å². The molecule has 0 radical (unpaired) electrons. The fourth-order valence-corrected chi connectivity index (χ4v) is 6.06. The number of hydrogen-bond donors (Lipinski definition) is 1. The van der Waals surface area contributed by atoms with Gasteiger partial charge in [0.05, 0.1) is 22.7 Å². The molecule has 1 fully saturated rings. The Labute approximate surface area is 189 Å². The minimum Gasteiger partial charge on any atom is -0.480 e. The minimum absolute atomic E-state index is 0.243. The molecular formula is C21H25F3N4O4S. The molecular weight excluding hydrogens is 461 g/mol. The van der Waals surface area contributed by atoms with E-state index in [-0.39, 0.29) is 12.2 Å². The Morgan fingerprint density at radius 1 is 1.21 bits per heavy atom. The second kappa shape index (κ2) is 8.64. The van der Waals surface area contributed by atoms with Crippen LogP contribution in [0.4, 0.5) is 18.9 Å². The van der Waals surface area contributed by atoms with Gasteiger partial charge in [0, 0.05) is 37.1 Å². The molecule has 4 rings (SSSR count). The van der Waals surface area contributed by atoms with Crippen molar-refractivity contribution < 1.29 is 31.5 Å². The summed E-state index contributed by atoms with van der Waals surface area (Å²) in [5, 5.41) is 13.2. The van der Waals surface area contributed by atoms with Crippen molar-refractivity contribution in [3.63, 3.8) is 0 Å². The molecule has 1 aromatic carbocycles. The van der Waals surface area contributed by atoms with E-state index in [1.54, 1.807) is 4.90 Å². The minimum atomic E-state index is -4.69. The molecule has 12 heteroatoms. The summed E-state index contributed by atoms with van der Waals surface area (Å²) in [5.41, 5.74) is 0.461. The van der Waals surface area contributed by atoms with E-state index < -0.39 is 38.7 Å². The summed E-state index contributed by atoms with van der Waals surface area (Å²) in [6, 6.07) is 2.34. The number of carboxylic acids is 1. The zero-order valence-electron chi connectivity index (χ0n) is 18.0. The molecule has 1 unspecified atom stereocenters. The van der Waals surface area contributed by atoms with Crippen LogP contribution in [0.5, 0.6) is 0 Å². The molecule has 0 saturated carbocycles. The molecule has 0 spiro atoms. The van der Waals surface area contributed by atoms with Crippen LogP contribution >= 0.6 is 0 Å². The summed E-state index contributed by atoms with van der Waals surface area (Å²) in [6.07, 6.45) is 0.0524. The number of carbonyl (C=O) groups is 1. The van der Waals surface area contributed by atoms with Crippen LogP contribution < -0.4 is 4.90 Å². The first kappa shape index (κ1) is 23.6. The molecule has 33 heavy (non-hydrogen) atoms. The van der Waals surface area contributed by atoms with E-state index >= 15 is 0 Å². The average molecular weight is 487 g/mol. The van der Waals surface area contributed by atoms with Gasteiger partial charge in [0.2, 0.25) is 10.0 Å². The lowest BCUT2D eigenvalue weighted by Gasteiger charge is -2.31. The summed E-state index contributed by atoms with van der Waals surface area (Å²) >= 11 is 0. The Bertz CT molecular complexity index is 1160. The van der Waals surface area contributed by atoms with Gasteiger partial charge in [-0.3, -0.25) is 9.48 Å². The summed E-state index contributed by atoms with van der Waals surface area (Å²) in [4.78, 5) is 12.5. The first-order valence-electron chi connectivity index (χ1n) is 10.7. The molecule has 0 bridgehead atoms. The van der Waals surface area contributed by atoms with Gasteiger partial charge in [-0.15, -0.1) is 0 Å². The van der Waals surface area contributed by atoms with Crippen molar-refractivity contribution in [3.05, 3.63) is 41.2 Å². The molecule has 2 aromatic rings. The number of nitrogens with zero attached hydrogens (tertiary/aromatic N) is 4. The fraction of sp³-hybridized carbons (Fsp3) is 0.524. The molecule has 1 aliphatic carbocycles. The van der Waals surface area contributed by atoms with Crippen molar-refractivity contribution in [2.45, 2.75) is 55.8 Å². The smallest absolute Gasteiger partial charge is 0.416 e. The Kier molecular flexibility index (Phi) is 6.16. The highest BCUT2D eigenvalue weighted by Crippen LogP contribution is 2.39. The van der Waals surface area contributed by atoms with Gasteiger partial charge in [0.25, 0.3) is 0 Å². The Morgan fingerprint density at radius 2 is 1.91 bits per heavy atom. The van der Waals surface area contributed by atoms with Crippen LogP contribution in [0.3, 0.4) is 0 Å². The lowest BCUT2D eigenvalue weighted by Crippen LogP contribution is -2.34. The van der Waals surface area contributed by atoms with Crippen molar-refractivity contribution in [1.29, 1.82) is 0 Å². The number of rotatable bonds is 6. The maximum atomic E-state index is 13.6. The number of hydrogen-bond acceptors (Lipinski definition) is 5. The summed E-state index contributed by atoms with van der Waals surface area (Å²) in [5.74, 6) is -1.07. The normalized spacial score (nSPS) is 19.2. The zero-order chi connectivity index (χ0) is 24.0. The van der Waals surface area contributed by atoms with Crippen LogP contribution in [0.1, 0.15) is 48.5 Å². The van der Waals surface area contributed by atoms with Crippen molar-refractivity contribution in [3.8, 4) is 0 Å². The predicted molar refractivity (Wildman–Crippen MR) is 113 cm³/mol. The third kappa shape index (κ3) is 4.58. The largest absolute Gasteiger partial charge is 0.480 e. The lowest BCUT2D eigenvalue weighted by atomic mass is 9.93. The van der Waals surface area contributed by atoms with Gasteiger partial charge in [0.15, 0.2) is 0 Å². The average Bonchev–Trinajstić information content (AvgIpc) is 3.42. The van der Waals surface area contributed by atoms with Gasteiger partial charge in [-0.05, 0) is 50.3 Å². The molecule has 2 heterocycles. The SMILES string of the molecule is CN(C1CCCc2c1cnn2CC(=O)O)S(=O)(=O)c1cc(N2CCCC2)cc(C(F)(F)F)c1. The summed E-state index contributed by atoms with van der Waals surface area (Å²) in [7, 11) is -2.93. The van der Waals surface area contributed by atoms with Crippen LogP contribution in [0.15, 0.2) is 29.3 Å². The fourth-order valence-electron chi connectivity index (χ4n) is 4.62. The van der Waals surface area contributed by atoms with Gasteiger partial charge in [-0.1, -0.05) is 0 Å². The van der Waals surface area contributed by atoms with Crippen LogP contribution in [0.2, 0.25) is 0 Å². The zero-order valence-corrected chi connectivity index (χ0v) is 18.9. The molecule has 1 saturated heterocycles. The second-order valence-corrected chi connectivity index (χ2v) is 10.4. The van der Waals surface area contributed by atoms with Gasteiger partial charge < -0.3 is 10.0 Å². The molecule has 1 aromatic heterocycles. The number of anilines is 1. The first-order chi connectivity index (χ1) is 15.5. The molecule has 180 valence electrons. The number of aliphatic carboxylic acids is 1. The van der Waals surface area contributed by atoms with Gasteiger partial charge in [-0.2, -0.15) is 22.6 Å². The predicted octanol–water partition coefficient (Wildman–Crippen LogP) is 3.28. The molecule has 8 nitrogen and oxygen atoms in total. The third-order valence-electron chi connectivity index (χ3n) is 6.32. The van der Waals surface area contributed by atoms with Gasteiger partial charge in [0.1, 0.15) is 6.54 Å². The molecule has 2 aliphatic rings. The Hall–Kier alpha value is -2.60. The van der Waals surface area contributed by atoms with Crippen molar-refractivity contribution in [1.82, 2.24) is 14.1 Å². The number of alkyl halides is 3. The third-order valence-corrected chi connectivity index (χ3v) is 8.17. The maximum absolute atomic E-state index is 13.6. The highest BCUT2D eigenvalue weighted by molar-refractivity contribution is 7.89. The Balaban J connectivity index is 1.72. The van der Waals surface area contributed by atoms with Gasteiger partial charge >= 0.3 is 12.1 Å². The van der Waals surface area contributed by atoms with E-state index in [0.29, 0.717) is 49.7 Å². The van der Waals surface area contributed by atoms with Gasteiger partial charge in [-0.25, -0.2) is 8.42 Å². The number of halogens is 3. The number of benzene rings is 1. The maximum Gasteiger partial charge on any atom is 0.416 e. The monoisotopic (exact) mass is 486 g/mol. The highest BCUT2D eigenvalue weighted by atomic mass is 32.2.